The Kier molecular flexibility index (Phi) is 4.46. The lowest BCUT2D eigenvalue weighted by Crippen LogP contribution is -2.63. The Morgan fingerprint density at radius 3 is 2.61 bits per heavy atom. The monoisotopic (exact) mass is 331 g/mol. The van der Waals surface area contributed by atoms with Crippen molar-refractivity contribution in [3.63, 3.8) is 0 Å². The van der Waals surface area contributed by atoms with Crippen molar-refractivity contribution in [1.82, 2.24) is 10.2 Å². The molecule has 2 heterocycles. The minimum Gasteiger partial charge on any atom is -0.381 e. The summed E-state index contributed by atoms with van der Waals surface area (Å²) in [6, 6.07) is 2.40. The van der Waals surface area contributed by atoms with Gasteiger partial charge < -0.3 is 14.8 Å². The molecule has 1 saturated carbocycles. The molecular weight excluding hydrogens is 311 g/mol. The zero-order valence-corrected chi connectivity index (χ0v) is 12.9. The first-order valence-corrected chi connectivity index (χ1v) is 7.82. The molecular formula is C15H20F3N3O2. The summed E-state index contributed by atoms with van der Waals surface area (Å²) >= 11 is 0. The normalized spacial score (nSPS) is 26.8. The number of nitrogens with zero attached hydrogens (tertiary/aromatic N) is 2. The summed E-state index contributed by atoms with van der Waals surface area (Å²) in [6.45, 7) is 3.98. The molecule has 0 bridgehead atoms. The summed E-state index contributed by atoms with van der Waals surface area (Å²) in [5.74, 6) is 0.365. The average Bonchev–Trinajstić information content (AvgIpc) is 2.54. The van der Waals surface area contributed by atoms with E-state index in [-0.39, 0.29) is 17.6 Å². The molecule has 8 heteroatoms. The number of aromatic nitrogens is 2. The molecule has 1 N–H and O–H groups in total. The summed E-state index contributed by atoms with van der Waals surface area (Å²) in [7, 11) is 0. The van der Waals surface area contributed by atoms with Gasteiger partial charge >= 0.3 is 6.18 Å². The van der Waals surface area contributed by atoms with Crippen LogP contribution < -0.4 is 5.32 Å². The molecule has 0 radical (unpaired) electrons. The van der Waals surface area contributed by atoms with Crippen LogP contribution >= 0.6 is 0 Å². The molecule has 5 nitrogen and oxygen atoms in total. The first-order valence-electron chi connectivity index (χ1n) is 7.82. The van der Waals surface area contributed by atoms with Crippen molar-refractivity contribution in [3.8, 4) is 0 Å². The fraction of sp³-hybridized carbons (Fsp3) is 0.733. The number of hydrogen-bond acceptors (Lipinski definition) is 5. The third-order valence-electron chi connectivity index (χ3n) is 4.85. The highest BCUT2D eigenvalue weighted by atomic mass is 19.4. The van der Waals surface area contributed by atoms with Crippen LogP contribution in [0.2, 0.25) is 0 Å². The van der Waals surface area contributed by atoms with Gasteiger partial charge in [-0.1, -0.05) is 0 Å². The minimum atomic E-state index is -4.47. The standard InChI is InChI=1S/C15H20F3N3O2/c1-2-23-12-9-11(14(12)5-7-22-8-6-14)19-13-4-3-10(20-21-13)15(16,17)18/h3-4,11-12H,2,5-9H2,1H3,(H,19,21)/t11-,12-/m1/s1. The Bertz CT molecular complexity index is 530. The van der Waals surface area contributed by atoms with E-state index in [0.717, 1.165) is 25.3 Å². The number of hydrogen-bond donors (Lipinski definition) is 1. The molecule has 2 atom stereocenters. The quantitative estimate of drug-likeness (QED) is 0.919. The predicted molar refractivity (Wildman–Crippen MR) is 77.0 cm³/mol. The first kappa shape index (κ1) is 16.4. The minimum absolute atomic E-state index is 0.0291. The summed E-state index contributed by atoms with van der Waals surface area (Å²) in [6.07, 6.45) is -1.73. The van der Waals surface area contributed by atoms with Crippen molar-refractivity contribution in [2.45, 2.75) is 44.5 Å². The molecule has 23 heavy (non-hydrogen) atoms. The van der Waals surface area contributed by atoms with Crippen molar-refractivity contribution in [1.29, 1.82) is 0 Å². The lowest BCUT2D eigenvalue weighted by molar-refractivity contribution is -0.159. The number of nitrogens with one attached hydrogen (secondary N) is 1. The zero-order valence-electron chi connectivity index (χ0n) is 12.9. The number of halogens is 3. The third-order valence-corrected chi connectivity index (χ3v) is 4.85. The van der Waals surface area contributed by atoms with Crippen LogP contribution in [-0.4, -0.2) is 42.2 Å². The highest BCUT2D eigenvalue weighted by molar-refractivity contribution is 5.37. The van der Waals surface area contributed by atoms with Crippen molar-refractivity contribution in [2.75, 3.05) is 25.1 Å². The van der Waals surface area contributed by atoms with Gasteiger partial charge in [0.2, 0.25) is 0 Å². The maximum Gasteiger partial charge on any atom is 0.435 e. The van der Waals surface area contributed by atoms with Crippen LogP contribution in [0.4, 0.5) is 19.0 Å². The molecule has 0 aromatic carbocycles. The van der Waals surface area contributed by atoms with Gasteiger partial charge in [-0.25, -0.2) is 0 Å². The van der Waals surface area contributed by atoms with Crippen LogP contribution in [0.15, 0.2) is 12.1 Å². The fourth-order valence-corrected chi connectivity index (χ4v) is 3.55. The van der Waals surface area contributed by atoms with Gasteiger partial charge in [-0.2, -0.15) is 13.2 Å². The highest BCUT2D eigenvalue weighted by Gasteiger charge is 2.56. The Morgan fingerprint density at radius 1 is 1.30 bits per heavy atom. The van der Waals surface area contributed by atoms with Crippen molar-refractivity contribution < 1.29 is 22.6 Å². The lowest BCUT2D eigenvalue weighted by atomic mass is 9.57. The smallest absolute Gasteiger partial charge is 0.381 e. The third kappa shape index (κ3) is 3.14. The van der Waals surface area contributed by atoms with Gasteiger partial charge in [0.15, 0.2) is 5.69 Å². The van der Waals surface area contributed by atoms with Gasteiger partial charge in [0, 0.05) is 31.3 Å². The fourth-order valence-electron chi connectivity index (χ4n) is 3.55. The zero-order chi connectivity index (χ0) is 16.5. The summed E-state index contributed by atoms with van der Waals surface area (Å²) in [4.78, 5) is 0. The maximum absolute atomic E-state index is 12.5. The van der Waals surface area contributed by atoms with Crippen LogP contribution in [0.1, 0.15) is 31.9 Å². The second-order valence-electron chi connectivity index (χ2n) is 6.02. The van der Waals surface area contributed by atoms with Crippen molar-refractivity contribution in [2.24, 2.45) is 5.41 Å². The molecule has 2 aliphatic rings. The molecule has 0 unspecified atom stereocenters. The molecule has 1 saturated heterocycles. The molecule has 1 spiro atoms. The van der Waals surface area contributed by atoms with Crippen LogP contribution in [0.5, 0.6) is 0 Å². The molecule has 1 aliphatic heterocycles. The van der Waals surface area contributed by atoms with Gasteiger partial charge in [0.1, 0.15) is 5.82 Å². The predicted octanol–water partition coefficient (Wildman–Crippen LogP) is 2.88. The second kappa shape index (κ2) is 6.24. The molecule has 0 amide bonds. The van der Waals surface area contributed by atoms with E-state index in [1.165, 1.54) is 6.07 Å². The lowest BCUT2D eigenvalue weighted by Gasteiger charge is -2.57. The van der Waals surface area contributed by atoms with Gasteiger partial charge in [-0.05, 0) is 38.3 Å². The largest absolute Gasteiger partial charge is 0.435 e. The van der Waals surface area contributed by atoms with Crippen LogP contribution in [0.25, 0.3) is 0 Å². The summed E-state index contributed by atoms with van der Waals surface area (Å²) in [5.41, 5.74) is -1.01. The van der Waals surface area contributed by atoms with Crippen LogP contribution in [0.3, 0.4) is 0 Å². The number of anilines is 1. The van der Waals surface area contributed by atoms with Gasteiger partial charge in [-0.15, -0.1) is 10.2 Å². The molecule has 3 rings (SSSR count). The van der Waals surface area contributed by atoms with E-state index in [4.69, 9.17) is 9.47 Å². The van der Waals surface area contributed by atoms with Gasteiger partial charge in [0.25, 0.3) is 0 Å². The Balaban J connectivity index is 1.69. The Morgan fingerprint density at radius 2 is 2.04 bits per heavy atom. The second-order valence-corrected chi connectivity index (χ2v) is 6.02. The molecule has 1 aromatic rings. The van der Waals surface area contributed by atoms with E-state index in [9.17, 15) is 13.2 Å². The van der Waals surface area contributed by atoms with E-state index < -0.39 is 11.9 Å². The van der Waals surface area contributed by atoms with E-state index in [2.05, 4.69) is 15.5 Å². The van der Waals surface area contributed by atoms with Gasteiger partial charge in [-0.3, -0.25) is 0 Å². The summed E-state index contributed by atoms with van der Waals surface area (Å²) in [5, 5.41) is 10.1. The molecule has 128 valence electrons. The molecule has 1 aromatic heterocycles. The Labute approximate surface area is 132 Å². The van der Waals surface area contributed by atoms with Gasteiger partial charge in [0.05, 0.1) is 6.10 Å². The Hall–Kier alpha value is -1.41. The first-order chi connectivity index (χ1) is 11.0. The summed E-state index contributed by atoms with van der Waals surface area (Å²) < 4.78 is 48.8. The molecule has 2 fully saturated rings. The topological polar surface area (TPSA) is 56.3 Å². The maximum atomic E-state index is 12.5. The van der Waals surface area contributed by atoms with Crippen LogP contribution in [-0.2, 0) is 15.7 Å². The van der Waals surface area contributed by atoms with E-state index in [1.807, 2.05) is 6.92 Å². The number of rotatable bonds is 4. The number of alkyl halides is 3. The average molecular weight is 331 g/mol. The number of ether oxygens (including phenoxy) is 2. The van der Waals surface area contributed by atoms with E-state index in [0.29, 0.717) is 25.6 Å². The molecule has 1 aliphatic carbocycles. The van der Waals surface area contributed by atoms with E-state index in [1.54, 1.807) is 0 Å². The van der Waals surface area contributed by atoms with E-state index >= 15 is 0 Å². The van der Waals surface area contributed by atoms with Crippen molar-refractivity contribution in [3.05, 3.63) is 17.8 Å². The SMILES string of the molecule is CCO[C@@H]1C[C@@H](Nc2ccc(C(F)(F)F)nn2)C12CCOCC2. The van der Waals surface area contributed by atoms with Crippen molar-refractivity contribution >= 4 is 5.82 Å². The van der Waals surface area contributed by atoms with Crippen LogP contribution in [0, 0.1) is 5.41 Å². The highest BCUT2D eigenvalue weighted by Crippen LogP contribution is 2.51.